The largest absolute Gasteiger partial charge is 0.355 e. The quantitative estimate of drug-likeness (QED) is 0.846. The third-order valence-electron chi connectivity index (χ3n) is 2.21. The molecule has 0 atom stereocenters. The molecule has 0 saturated heterocycles. The minimum absolute atomic E-state index is 0.0497. The Labute approximate surface area is 111 Å². The highest BCUT2D eigenvalue weighted by molar-refractivity contribution is 9.10. The van der Waals surface area contributed by atoms with Crippen molar-refractivity contribution in [2.45, 2.75) is 20.4 Å². The molecule has 1 rings (SSSR count). The Hall–Kier alpha value is -0.870. The van der Waals surface area contributed by atoms with Gasteiger partial charge in [-0.05, 0) is 23.6 Å². The summed E-state index contributed by atoms with van der Waals surface area (Å²) in [7, 11) is 0. The first-order valence-corrected chi connectivity index (χ1v) is 6.59. The van der Waals surface area contributed by atoms with Crippen LogP contribution in [0.15, 0.2) is 28.7 Å². The summed E-state index contributed by atoms with van der Waals surface area (Å²) in [6.45, 7) is 5.95. The molecule has 3 nitrogen and oxygen atoms in total. The molecule has 4 heteroatoms. The number of carbonyl (C=O) groups excluding carboxylic acids is 1. The minimum atomic E-state index is 0.0497. The van der Waals surface area contributed by atoms with Gasteiger partial charge in [0.15, 0.2) is 0 Å². The highest BCUT2D eigenvalue weighted by Gasteiger charge is 2.01. The topological polar surface area (TPSA) is 41.1 Å². The number of halogens is 1. The van der Waals surface area contributed by atoms with Crippen LogP contribution < -0.4 is 10.6 Å². The van der Waals surface area contributed by atoms with Crippen molar-refractivity contribution in [3.05, 3.63) is 34.3 Å². The van der Waals surface area contributed by atoms with Crippen LogP contribution in [0.4, 0.5) is 0 Å². The molecule has 0 unspecified atom stereocenters. The zero-order valence-electron chi connectivity index (χ0n) is 10.3. The van der Waals surface area contributed by atoms with Crippen molar-refractivity contribution in [2.24, 2.45) is 5.92 Å². The standard InChI is InChI=1S/C13H19BrN2O/c1-10(2)7-16-13(17)9-15-8-11-4-3-5-12(14)6-11/h3-6,10,15H,7-9H2,1-2H3,(H,16,17). The monoisotopic (exact) mass is 298 g/mol. The summed E-state index contributed by atoms with van der Waals surface area (Å²) in [5, 5.41) is 5.99. The summed E-state index contributed by atoms with van der Waals surface area (Å²) < 4.78 is 1.06. The van der Waals surface area contributed by atoms with E-state index in [-0.39, 0.29) is 5.91 Å². The van der Waals surface area contributed by atoms with Gasteiger partial charge in [0.05, 0.1) is 6.54 Å². The summed E-state index contributed by atoms with van der Waals surface area (Å²) in [6.07, 6.45) is 0. The Balaban J connectivity index is 2.21. The number of hydrogen-bond acceptors (Lipinski definition) is 2. The van der Waals surface area contributed by atoms with E-state index in [1.54, 1.807) is 0 Å². The summed E-state index contributed by atoms with van der Waals surface area (Å²) in [5.41, 5.74) is 1.16. The van der Waals surface area contributed by atoms with E-state index in [4.69, 9.17) is 0 Å². The first-order valence-electron chi connectivity index (χ1n) is 5.80. The molecule has 1 aromatic carbocycles. The van der Waals surface area contributed by atoms with Gasteiger partial charge >= 0.3 is 0 Å². The second-order valence-electron chi connectivity index (χ2n) is 4.43. The van der Waals surface area contributed by atoms with Gasteiger partial charge in [-0.1, -0.05) is 41.9 Å². The predicted octanol–water partition coefficient (Wildman–Crippen LogP) is 2.31. The van der Waals surface area contributed by atoms with Crippen molar-refractivity contribution in [1.82, 2.24) is 10.6 Å². The van der Waals surface area contributed by atoms with Crippen molar-refractivity contribution < 1.29 is 4.79 Å². The molecule has 0 aliphatic heterocycles. The number of hydrogen-bond donors (Lipinski definition) is 2. The number of benzene rings is 1. The van der Waals surface area contributed by atoms with Gasteiger partial charge in [0, 0.05) is 17.6 Å². The van der Waals surface area contributed by atoms with Crippen molar-refractivity contribution in [2.75, 3.05) is 13.1 Å². The summed E-state index contributed by atoms with van der Waals surface area (Å²) >= 11 is 3.42. The highest BCUT2D eigenvalue weighted by Crippen LogP contribution is 2.10. The molecule has 0 heterocycles. The minimum Gasteiger partial charge on any atom is -0.355 e. The Morgan fingerprint density at radius 3 is 2.82 bits per heavy atom. The summed E-state index contributed by atoms with van der Waals surface area (Å²) in [6, 6.07) is 8.04. The third-order valence-corrected chi connectivity index (χ3v) is 2.70. The van der Waals surface area contributed by atoms with Gasteiger partial charge in [0.2, 0.25) is 5.91 Å². The van der Waals surface area contributed by atoms with E-state index in [9.17, 15) is 4.79 Å². The molecule has 2 N–H and O–H groups in total. The lowest BCUT2D eigenvalue weighted by atomic mass is 10.2. The lowest BCUT2D eigenvalue weighted by molar-refractivity contribution is -0.120. The Bertz CT molecular complexity index is 366. The molecule has 17 heavy (non-hydrogen) atoms. The molecule has 0 fully saturated rings. The molecule has 94 valence electrons. The lowest BCUT2D eigenvalue weighted by Gasteiger charge is -2.08. The smallest absolute Gasteiger partial charge is 0.233 e. The van der Waals surface area contributed by atoms with Crippen LogP contribution in [0.25, 0.3) is 0 Å². The molecule has 0 radical (unpaired) electrons. The second kappa shape index (κ2) is 7.45. The molecular weight excluding hydrogens is 280 g/mol. The van der Waals surface area contributed by atoms with E-state index in [1.807, 2.05) is 24.3 Å². The first kappa shape index (κ1) is 14.2. The van der Waals surface area contributed by atoms with E-state index in [2.05, 4.69) is 40.4 Å². The van der Waals surface area contributed by atoms with Crippen LogP contribution in [0.2, 0.25) is 0 Å². The fraction of sp³-hybridized carbons (Fsp3) is 0.462. The first-order chi connectivity index (χ1) is 8.08. The molecule has 0 saturated carbocycles. The Kier molecular flexibility index (Phi) is 6.22. The fourth-order valence-corrected chi connectivity index (χ4v) is 1.79. The fourth-order valence-electron chi connectivity index (χ4n) is 1.35. The summed E-state index contributed by atoms with van der Waals surface area (Å²) in [5.74, 6) is 0.540. The van der Waals surface area contributed by atoms with Gasteiger partial charge in [-0.25, -0.2) is 0 Å². The van der Waals surface area contributed by atoms with Crippen molar-refractivity contribution in [3.8, 4) is 0 Å². The second-order valence-corrected chi connectivity index (χ2v) is 5.35. The van der Waals surface area contributed by atoms with E-state index in [0.29, 0.717) is 19.0 Å². The van der Waals surface area contributed by atoms with E-state index < -0.39 is 0 Å². The number of amides is 1. The van der Waals surface area contributed by atoms with Crippen LogP contribution >= 0.6 is 15.9 Å². The van der Waals surface area contributed by atoms with Crippen LogP contribution in [-0.2, 0) is 11.3 Å². The highest BCUT2D eigenvalue weighted by atomic mass is 79.9. The number of carbonyl (C=O) groups is 1. The SMILES string of the molecule is CC(C)CNC(=O)CNCc1cccc(Br)c1. The zero-order chi connectivity index (χ0) is 12.7. The normalized spacial score (nSPS) is 10.6. The maximum atomic E-state index is 11.4. The van der Waals surface area contributed by atoms with Crippen molar-refractivity contribution >= 4 is 21.8 Å². The van der Waals surface area contributed by atoms with Crippen LogP contribution in [0.3, 0.4) is 0 Å². The van der Waals surface area contributed by atoms with E-state index in [1.165, 1.54) is 0 Å². The van der Waals surface area contributed by atoms with Crippen LogP contribution in [0, 0.1) is 5.92 Å². The lowest BCUT2D eigenvalue weighted by Crippen LogP contribution is -2.35. The maximum absolute atomic E-state index is 11.4. The molecule has 0 bridgehead atoms. The van der Waals surface area contributed by atoms with Crippen LogP contribution in [0.1, 0.15) is 19.4 Å². The van der Waals surface area contributed by atoms with Crippen molar-refractivity contribution in [3.63, 3.8) is 0 Å². The number of rotatable bonds is 6. The number of nitrogens with one attached hydrogen (secondary N) is 2. The molecule has 0 spiro atoms. The van der Waals surface area contributed by atoms with Gasteiger partial charge in [-0.3, -0.25) is 4.79 Å². The average molecular weight is 299 g/mol. The van der Waals surface area contributed by atoms with Gasteiger partial charge in [0.1, 0.15) is 0 Å². The average Bonchev–Trinajstić information content (AvgIpc) is 2.26. The predicted molar refractivity (Wildman–Crippen MR) is 73.7 cm³/mol. The molecule has 0 aliphatic rings. The molecule has 0 aromatic heterocycles. The molecule has 1 aromatic rings. The zero-order valence-corrected chi connectivity index (χ0v) is 11.9. The van der Waals surface area contributed by atoms with Crippen molar-refractivity contribution in [1.29, 1.82) is 0 Å². The molecule has 1 amide bonds. The maximum Gasteiger partial charge on any atom is 0.233 e. The Morgan fingerprint density at radius 2 is 2.18 bits per heavy atom. The molecular formula is C13H19BrN2O. The van der Waals surface area contributed by atoms with Gasteiger partial charge in [-0.2, -0.15) is 0 Å². The van der Waals surface area contributed by atoms with Gasteiger partial charge in [0.25, 0.3) is 0 Å². The van der Waals surface area contributed by atoms with E-state index >= 15 is 0 Å². The van der Waals surface area contributed by atoms with Crippen LogP contribution in [0.5, 0.6) is 0 Å². The molecule has 0 aliphatic carbocycles. The Morgan fingerprint density at radius 1 is 1.41 bits per heavy atom. The van der Waals surface area contributed by atoms with E-state index in [0.717, 1.165) is 16.6 Å². The third kappa shape index (κ3) is 6.44. The van der Waals surface area contributed by atoms with Gasteiger partial charge < -0.3 is 10.6 Å². The summed E-state index contributed by atoms with van der Waals surface area (Å²) in [4.78, 5) is 11.4. The van der Waals surface area contributed by atoms with Crippen LogP contribution in [-0.4, -0.2) is 19.0 Å². The van der Waals surface area contributed by atoms with Gasteiger partial charge in [-0.15, -0.1) is 0 Å².